The number of nitrogens with zero attached hydrogens (tertiary/aromatic N) is 1. The molecule has 334 valence electrons. The minimum atomic E-state index is -1.25. The maximum Gasteiger partial charge on any atom is 0.257 e. The number of aromatic amines is 1. The number of imidazole rings is 1. The van der Waals surface area contributed by atoms with Crippen LogP contribution < -0.4 is 41.8 Å². The summed E-state index contributed by atoms with van der Waals surface area (Å²) in [7, 11) is 3.07. The first-order valence-electron chi connectivity index (χ1n) is 20.9. The molecule has 0 fully saturated rings. The summed E-state index contributed by atoms with van der Waals surface area (Å²) in [6.07, 6.45) is 6.18. The number of amides is 6. The van der Waals surface area contributed by atoms with Crippen molar-refractivity contribution in [3.63, 3.8) is 0 Å². The summed E-state index contributed by atoms with van der Waals surface area (Å²) in [6, 6.07) is 10.5. The number of benzene rings is 2. The van der Waals surface area contributed by atoms with Crippen LogP contribution in [0.5, 0.6) is 11.5 Å². The molecular formula is C44H64N8O9. The Labute approximate surface area is 358 Å². The van der Waals surface area contributed by atoms with Crippen molar-refractivity contribution in [2.45, 2.75) is 115 Å². The van der Waals surface area contributed by atoms with Crippen LogP contribution in [0.4, 0.5) is 0 Å². The lowest BCUT2D eigenvalue weighted by atomic mass is 9.96. The summed E-state index contributed by atoms with van der Waals surface area (Å²) in [5.74, 6) is -1.51. The van der Waals surface area contributed by atoms with Crippen LogP contribution in [0.3, 0.4) is 0 Å². The second kappa shape index (κ2) is 27.1. The van der Waals surface area contributed by atoms with Crippen LogP contribution in [-0.4, -0.2) is 102 Å². The Kier molecular flexibility index (Phi) is 22.0. The van der Waals surface area contributed by atoms with Crippen molar-refractivity contribution in [2.75, 3.05) is 27.3 Å². The molecule has 0 bridgehead atoms. The van der Waals surface area contributed by atoms with Crippen LogP contribution in [0.25, 0.3) is 0 Å². The topological polar surface area (TPSA) is 256 Å². The SMILES string of the molecule is COc1ccc(C[C@H](NC(=O)CCCCCN)C(=O)N[C@@H](Cc2cnc[nH]2)C(=O)N[C@H](CC(C)C)[C@H](O)CC(=O)NCCCCCC(=O)NC(=O)c2ccc(OC)cc2)cc1. The predicted octanol–water partition coefficient (Wildman–Crippen LogP) is 2.62. The quantitative estimate of drug-likeness (QED) is 0.0493. The molecule has 9 N–H and O–H groups in total. The zero-order valence-electron chi connectivity index (χ0n) is 35.8. The van der Waals surface area contributed by atoms with Gasteiger partial charge in [-0.05, 0) is 86.5 Å². The molecule has 0 radical (unpaired) electrons. The van der Waals surface area contributed by atoms with Crippen molar-refractivity contribution < 1.29 is 43.3 Å². The molecule has 3 rings (SSSR count). The number of imide groups is 1. The van der Waals surface area contributed by atoms with E-state index in [-0.39, 0.29) is 43.9 Å². The normalized spacial score (nSPS) is 13.0. The van der Waals surface area contributed by atoms with E-state index < -0.39 is 53.8 Å². The highest BCUT2D eigenvalue weighted by atomic mass is 16.5. The predicted molar refractivity (Wildman–Crippen MR) is 229 cm³/mol. The molecule has 2 aromatic carbocycles. The van der Waals surface area contributed by atoms with Crippen molar-refractivity contribution in [3.8, 4) is 11.5 Å². The van der Waals surface area contributed by atoms with Crippen LogP contribution in [-0.2, 0) is 36.8 Å². The Morgan fingerprint density at radius 2 is 1.34 bits per heavy atom. The average Bonchev–Trinajstić information content (AvgIpc) is 3.76. The lowest BCUT2D eigenvalue weighted by molar-refractivity contribution is -0.133. The first kappa shape index (κ1) is 49.6. The van der Waals surface area contributed by atoms with E-state index in [9.17, 15) is 33.9 Å². The van der Waals surface area contributed by atoms with Crippen molar-refractivity contribution in [1.82, 2.24) is 36.6 Å². The molecule has 0 aliphatic rings. The lowest BCUT2D eigenvalue weighted by Crippen LogP contribution is -2.57. The van der Waals surface area contributed by atoms with Crippen LogP contribution in [0, 0.1) is 5.92 Å². The molecule has 17 heteroatoms. The molecule has 0 spiro atoms. The Balaban J connectivity index is 1.58. The van der Waals surface area contributed by atoms with E-state index in [1.165, 1.54) is 19.6 Å². The number of nitrogens with two attached hydrogens (primary N) is 1. The standard InChI is InChI=1S/C44H64N8O9/c1-29(2)23-35(38(53)26-41(56)47-22-10-6-8-12-40(55)52-42(57)31-15-19-34(61-4)20-16-31)50-44(59)37(25-32-27-46-28-48-32)51-43(58)36(49-39(54)11-7-5-9-21-45)24-30-13-17-33(60-3)18-14-30/h13-20,27-29,35-38,53H,5-12,21-26,45H2,1-4H3,(H,46,48)(H,47,56)(H,49,54)(H,50,59)(H,51,58)(H,52,55,57)/t35-,36+,37+,38-/m1/s1. The summed E-state index contributed by atoms with van der Waals surface area (Å²) in [5, 5.41) is 25.0. The number of methoxy groups -OCH3 is 2. The number of ether oxygens (including phenoxy) is 2. The number of H-pyrrole nitrogens is 1. The van der Waals surface area contributed by atoms with Crippen LogP contribution in [0.15, 0.2) is 61.1 Å². The smallest absolute Gasteiger partial charge is 0.257 e. The summed E-state index contributed by atoms with van der Waals surface area (Å²) in [6.45, 7) is 4.68. The molecule has 4 atom stereocenters. The molecule has 6 amide bonds. The maximum absolute atomic E-state index is 14.0. The number of aromatic nitrogens is 2. The van der Waals surface area contributed by atoms with Gasteiger partial charge in [-0.2, -0.15) is 0 Å². The minimum Gasteiger partial charge on any atom is -0.497 e. The number of aliphatic hydroxyl groups excluding tert-OH is 1. The summed E-state index contributed by atoms with van der Waals surface area (Å²) >= 11 is 0. The largest absolute Gasteiger partial charge is 0.497 e. The number of carbonyl (C=O) groups excluding carboxylic acids is 6. The third-order valence-electron chi connectivity index (χ3n) is 9.89. The van der Waals surface area contributed by atoms with Gasteiger partial charge in [0.25, 0.3) is 5.91 Å². The van der Waals surface area contributed by atoms with Gasteiger partial charge in [0.1, 0.15) is 23.6 Å². The van der Waals surface area contributed by atoms with Gasteiger partial charge in [-0.3, -0.25) is 34.1 Å². The fourth-order valence-corrected chi connectivity index (χ4v) is 6.50. The van der Waals surface area contributed by atoms with Gasteiger partial charge >= 0.3 is 0 Å². The zero-order valence-corrected chi connectivity index (χ0v) is 35.8. The fourth-order valence-electron chi connectivity index (χ4n) is 6.50. The van der Waals surface area contributed by atoms with Gasteiger partial charge in [0.05, 0.1) is 39.1 Å². The molecule has 17 nitrogen and oxygen atoms in total. The minimum absolute atomic E-state index is 0.0290. The first-order chi connectivity index (χ1) is 29.3. The zero-order chi connectivity index (χ0) is 44.6. The maximum atomic E-state index is 14.0. The molecule has 0 saturated carbocycles. The highest BCUT2D eigenvalue weighted by Crippen LogP contribution is 2.16. The van der Waals surface area contributed by atoms with Gasteiger partial charge in [0.2, 0.25) is 29.5 Å². The molecule has 1 aromatic heterocycles. The lowest BCUT2D eigenvalue weighted by Gasteiger charge is -2.29. The molecule has 0 aliphatic heterocycles. The first-order valence-corrected chi connectivity index (χ1v) is 20.9. The molecule has 3 aromatic rings. The number of nitrogens with one attached hydrogen (secondary N) is 6. The molecule has 61 heavy (non-hydrogen) atoms. The number of hydrogen-bond acceptors (Lipinski definition) is 11. The Bertz CT molecular complexity index is 1800. The fraction of sp³-hybridized carbons (Fsp3) is 0.523. The number of unbranched alkanes of at least 4 members (excludes halogenated alkanes) is 4. The van der Waals surface area contributed by atoms with Crippen LogP contribution in [0.1, 0.15) is 99.7 Å². The Morgan fingerprint density at radius 3 is 1.95 bits per heavy atom. The highest BCUT2D eigenvalue weighted by molar-refractivity contribution is 6.04. The summed E-state index contributed by atoms with van der Waals surface area (Å²) in [5.41, 5.74) is 7.27. The molecule has 1 heterocycles. The third-order valence-corrected chi connectivity index (χ3v) is 9.89. The molecule has 0 unspecified atom stereocenters. The van der Waals surface area contributed by atoms with Gasteiger partial charge in [0, 0.05) is 49.7 Å². The molecule has 0 aliphatic carbocycles. The van der Waals surface area contributed by atoms with Gasteiger partial charge in [-0.25, -0.2) is 4.98 Å². The second-order valence-electron chi connectivity index (χ2n) is 15.4. The van der Waals surface area contributed by atoms with E-state index in [4.69, 9.17) is 15.2 Å². The van der Waals surface area contributed by atoms with Crippen molar-refractivity contribution >= 4 is 35.4 Å². The highest BCUT2D eigenvalue weighted by Gasteiger charge is 2.31. The van der Waals surface area contributed by atoms with E-state index >= 15 is 0 Å². The van der Waals surface area contributed by atoms with Gasteiger partial charge in [-0.1, -0.05) is 38.8 Å². The molecular weight excluding hydrogens is 785 g/mol. The monoisotopic (exact) mass is 848 g/mol. The van der Waals surface area contributed by atoms with Gasteiger partial charge < -0.3 is 46.6 Å². The number of rotatable bonds is 28. The summed E-state index contributed by atoms with van der Waals surface area (Å²) in [4.78, 5) is 85.5. The third kappa shape index (κ3) is 19.0. The summed E-state index contributed by atoms with van der Waals surface area (Å²) < 4.78 is 10.3. The Morgan fingerprint density at radius 1 is 0.738 bits per heavy atom. The van der Waals surface area contributed by atoms with Crippen molar-refractivity contribution in [2.24, 2.45) is 11.7 Å². The number of hydrogen-bond donors (Lipinski definition) is 8. The van der Waals surface area contributed by atoms with Crippen molar-refractivity contribution in [3.05, 3.63) is 77.9 Å². The number of aliphatic hydroxyl groups is 1. The van der Waals surface area contributed by atoms with E-state index in [2.05, 4.69) is 36.6 Å². The van der Waals surface area contributed by atoms with Crippen molar-refractivity contribution in [1.29, 1.82) is 0 Å². The Hall–Kier alpha value is -5.81. The van der Waals surface area contributed by atoms with E-state index in [0.717, 1.165) is 18.4 Å². The molecule has 0 saturated heterocycles. The average molecular weight is 849 g/mol. The van der Waals surface area contributed by atoms with E-state index in [1.54, 1.807) is 55.6 Å². The van der Waals surface area contributed by atoms with E-state index in [0.29, 0.717) is 68.0 Å². The van der Waals surface area contributed by atoms with E-state index in [1.807, 2.05) is 13.8 Å². The van der Waals surface area contributed by atoms with Gasteiger partial charge in [-0.15, -0.1) is 0 Å². The van der Waals surface area contributed by atoms with Gasteiger partial charge in [0.15, 0.2) is 0 Å². The van der Waals surface area contributed by atoms with Crippen LogP contribution in [0.2, 0.25) is 0 Å². The second-order valence-corrected chi connectivity index (χ2v) is 15.4. The number of carbonyl (C=O) groups is 6. The van der Waals surface area contributed by atoms with Crippen LogP contribution >= 0.6 is 0 Å².